The van der Waals surface area contributed by atoms with Gasteiger partial charge >= 0.3 is 5.91 Å². The first-order chi connectivity index (χ1) is 14.2. The van der Waals surface area contributed by atoms with Gasteiger partial charge in [0.1, 0.15) is 5.76 Å². The maximum Gasteiger partial charge on any atom is 0.305 e. The lowest BCUT2D eigenvalue weighted by Crippen LogP contribution is -2.42. The van der Waals surface area contributed by atoms with Gasteiger partial charge in [0, 0.05) is 17.5 Å². The summed E-state index contributed by atoms with van der Waals surface area (Å²) >= 11 is 4.84. The van der Waals surface area contributed by atoms with E-state index in [-0.39, 0.29) is 28.6 Å². The second-order valence-corrected chi connectivity index (χ2v) is 8.51. The second kappa shape index (κ2) is 8.66. The number of hydrazone groups is 1. The van der Waals surface area contributed by atoms with E-state index in [4.69, 9.17) is 22.4 Å². The van der Waals surface area contributed by atoms with Crippen LogP contribution in [-0.2, 0) is 17.6 Å². The predicted octanol–water partition coefficient (Wildman–Crippen LogP) is 2.10. The first-order valence-corrected chi connectivity index (χ1v) is 9.95. The van der Waals surface area contributed by atoms with Crippen LogP contribution in [0.1, 0.15) is 53.3 Å². The molecule has 1 aliphatic rings. The molecule has 2 aromatic rings. The molecule has 0 bridgehead atoms. The molecule has 0 spiro atoms. The van der Waals surface area contributed by atoms with Gasteiger partial charge in [-0.15, -0.1) is 0 Å². The number of amides is 2. The Labute approximate surface area is 180 Å². The van der Waals surface area contributed by atoms with Crippen LogP contribution in [0, 0.1) is 12.3 Å². The summed E-state index contributed by atoms with van der Waals surface area (Å²) < 4.78 is 5.89. The Hall–Kier alpha value is -3.20. The molecule has 1 aromatic carbocycles. The highest BCUT2D eigenvalue weighted by molar-refractivity contribution is 7.80. The molecule has 0 unspecified atom stereocenters. The summed E-state index contributed by atoms with van der Waals surface area (Å²) in [5.41, 5.74) is 15.9. The monoisotopic (exact) mass is 427 g/mol. The van der Waals surface area contributed by atoms with Gasteiger partial charge in [0.05, 0.1) is 12.1 Å². The summed E-state index contributed by atoms with van der Waals surface area (Å²) in [6.45, 7) is 5.97. The molecule has 1 aromatic heterocycles. The van der Waals surface area contributed by atoms with E-state index in [9.17, 15) is 9.59 Å². The third-order valence-corrected chi connectivity index (χ3v) is 4.91. The van der Waals surface area contributed by atoms with E-state index in [2.05, 4.69) is 35.2 Å². The molecule has 158 valence electrons. The second-order valence-electron chi connectivity index (χ2n) is 8.07. The Kier molecular flexibility index (Phi) is 6.21. The van der Waals surface area contributed by atoms with Crippen LogP contribution in [0.3, 0.4) is 0 Å². The predicted molar refractivity (Wildman–Crippen MR) is 118 cm³/mol. The maximum atomic E-state index is 12.7. The number of hydrogen-bond acceptors (Lipinski definition) is 5. The largest absolute Gasteiger partial charge is 0.455 e. The molecular formula is C21H25N5O3S. The summed E-state index contributed by atoms with van der Waals surface area (Å²) in [5.74, 6) is -0.0379. The van der Waals surface area contributed by atoms with Crippen LogP contribution in [0.5, 0.6) is 0 Å². The average Bonchev–Trinajstić information content (AvgIpc) is 3.00. The van der Waals surface area contributed by atoms with E-state index in [0.29, 0.717) is 24.2 Å². The Morgan fingerprint density at radius 2 is 1.90 bits per heavy atom. The maximum absolute atomic E-state index is 12.7. The molecule has 0 fully saturated rings. The Bertz CT molecular complexity index is 1010. The molecule has 0 saturated heterocycles. The molecule has 9 heteroatoms. The van der Waals surface area contributed by atoms with Crippen molar-refractivity contribution in [3.8, 4) is 0 Å². The Morgan fingerprint density at radius 1 is 1.20 bits per heavy atom. The van der Waals surface area contributed by atoms with Crippen LogP contribution >= 0.6 is 12.2 Å². The zero-order valence-electron chi connectivity index (χ0n) is 17.2. The lowest BCUT2D eigenvalue weighted by Gasteiger charge is -2.29. The zero-order valence-corrected chi connectivity index (χ0v) is 18.0. The van der Waals surface area contributed by atoms with E-state index in [1.165, 1.54) is 0 Å². The summed E-state index contributed by atoms with van der Waals surface area (Å²) in [4.78, 5) is 24.8. The van der Waals surface area contributed by atoms with Crippen molar-refractivity contribution in [2.45, 2.75) is 40.0 Å². The SMILES string of the molecule is Cc1c(C(=O)NNC(=O)Cc2ccccc2)oc2c1/C(=N\NC(N)=S)CC(C)(C)C2. The van der Waals surface area contributed by atoms with Gasteiger partial charge < -0.3 is 10.2 Å². The summed E-state index contributed by atoms with van der Waals surface area (Å²) in [5, 5.41) is 4.38. The highest BCUT2D eigenvalue weighted by atomic mass is 32.1. The number of carbonyl (C=O) groups is 2. The number of hydrazine groups is 1. The summed E-state index contributed by atoms with van der Waals surface area (Å²) in [6, 6.07) is 9.27. The number of fused-ring (bicyclic) bond motifs is 1. The molecule has 5 N–H and O–H groups in total. The van der Waals surface area contributed by atoms with Crippen LogP contribution in [0.2, 0.25) is 0 Å². The molecule has 2 amide bonds. The number of nitrogens with one attached hydrogen (secondary N) is 3. The van der Waals surface area contributed by atoms with Crippen LogP contribution in [0.15, 0.2) is 39.9 Å². The standard InChI is InChI=1S/C21H25N5O3S/c1-12-17-14(23-26-20(22)30)10-21(2,3)11-15(17)29-18(12)19(28)25-24-16(27)9-13-7-5-4-6-8-13/h4-8H,9-11H2,1-3H3,(H,24,27)(H,25,28)(H3,22,26,30)/b23-14-. The number of furan rings is 1. The number of hydrogen-bond donors (Lipinski definition) is 4. The molecule has 8 nitrogen and oxygen atoms in total. The number of rotatable bonds is 4. The van der Waals surface area contributed by atoms with Crippen LogP contribution in [-0.4, -0.2) is 22.6 Å². The van der Waals surface area contributed by atoms with Gasteiger partial charge in [-0.2, -0.15) is 5.10 Å². The van der Waals surface area contributed by atoms with Crippen molar-refractivity contribution >= 4 is 34.9 Å². The first kappa shape index (κ1) is 21.5. The number of thiocarbonyl (C=S) groups is 1. The topological polar surface area (TPSA) is 122 Å². The molecule has 1 heterocycles. The number of carbonyl (C=O) groups excluding carboxylic acids is 2. The van der Waals surface area contributed by atoms with Crippen LogP contribution in [0.4, 0.5) is 0 Å². The molecule has 3 rings (SSSR count). The summed E-state index contributed by atoms with van der Waals surface area (Å²) in [6.07, 6.45) is 1.48. The fourth-order valence-corrected chi connectivity index (χ4v) is 3.60. The van der Waals surface area contributed by atoms with Gasteiger partial charge in [0.15, 0.2) is 10.9 Å². The quantitative estimate of drug-likeness (QED) is 0.438. The first-order valence-electron chi connectivity index (χ1n) is 9.54. The van der Waals surface area contributed by atoms with Gasteiger partial charge in [0.2, 0.25) is 5.91 Å². The summed E-state index contributed by atoms with van der Waals surface area (Å²) in [7, 11) is 0. The third kappa shape index (κ3) is 5.04. The van der Waals surface area contributed by atoms with Gasteiger partial charge in [0.25, 0.3) is 0 Å². The zero-order chi connectivity index (χ0) is 21.9. The van der Waals surface area contributed by atoms with Crippen LogP contribution in [0.25, 0.3) is 0 Å². The minimum Gasteiger partial charge on any atom is -0.455 e. The molecule has 0 aliphatic heterocycles. The van der Waals surface area contributed by atoms with Gasteiger partial charge in [-0.05, 0) is 36.5 Å². The Morgan fingerprint density at radius 3 is 2.57 bits per heavy atom. The van der Waals surface area contributed by atoms with E-state index >= 15 is 0 Å². The van der Waals surface area contributed by atoms with E-state index in [1.807, 2.05) is 30.3 Å². The van der Waals surface area contributed by atoms with Crippen molar-refractivity contribution in [2.24, 2.45) is 16.3 Å². The third-order valence-electron chi connectivity index (χ3n) is 4.82. The fourth-order valence-electron chi connectivity index (χ4n) is 3.56. The van der Waals surface area contributed by atoms with Crippen molar-refractivity contribution in [3.63, 3.8) is 0 Å². The normalized spacial score (nSPS) is 15.9. The molecular weight excluding hydrogens is 402 g/mol. The average molecular weight is 428 g/mol. The van der Waals surface area contributed by atoms with Crippen LogP contribution < -0.4 is 22.0 Å². The number of nitrogens with zero attached hydrogens (tertiary/aromatic N) is 1. The lowest BCUT2D eigenvalue weighted by atomic mass is 9.75. The number of benzene rings is 1. The van der Waals surface area contributed by atoms with Crippen molar-refractivity contribution < 1.29 is 14.0 Å². The van der Waals surface area contributed by atoms with Gasteiger partial charge in [-0.1, -0.05) is 44.2 Å². The minimum atomic E-state index is -0.525. The minimum absolute atomic E-state index is 0.0627. The highest BCUT2D eigenvalue weighted by Crippen LogP contribution is 2.38. The molecule has 30 heavy (non-hydrogen) atoms. The van der Waals surface area contributed by atoms with Gasteiger partial charge in [-0.3, -0.25) is 25.9 Å². The van der Waals surface area contributed by atoms with E-state index in [1.54, 1.807) is 6.92 Å². The lowest BCUT2D eigenvalue weighted by molar-refractivity contribution is -0.121. The van der Waals surface area contributed by atoms with E-state index in [0.717, 1.165) is 16.8 Å². The van der Waals surface area contributed by atoms with Crippen molar-refractivity contribution in [1.29, 1.82) is 0 Å². The molecule has 0 saturated carbocycles. The highest BCUT2D eigenvalue weighted by Gasteiger charge is 2.36. The number of nitrogens with two attached hydrogens (primary N) is 1. The smallest absolute Gasteiger partial charge is 0.305 e. The van der Waals surface area contributed by atoms with Crippen molar-refractivity contribution in [1.82, 2.24) is 16.3 Å². The van der Waals surface area contributed by atoms with Gasteiger partial charge in [-0.25, -0.2) is 0 Å². The molecule has 0 atom stereocenters. The van der Waals surface area contributed by atoms with Crippen molar-refractivity contribution in [2.75, 3.05) is 0 Å². The molecule has 0 radical (unpaired) electrons. The molecule has 1 aliphatic carbocycles. The van der Waals surface area contributed by atoms with Crippen molar-refractivity contribution in [3.05, 3.63) is 58.5 Å². The fraction of sp³-hybridized carbons (Fsp3) is 0.333. The van der Waals surface area contributed by atoms with E-state index < -0.39 is 5.91 Å². The Balaban J connectivity index is 1.75.